The van der Waals surface area contributed by atoms with Gasteiger partial charge >= 0.3 is 0 Å². The summed E-state index contributed by atoms with van der Waals surface area (Å²) in [6.45, 7) is 1.75. The number of halogens is 1. The van der Waals surface area contributed by atoms with Crippen molar-refractivity contribution in [3.63, 3.8) is 0 Å². The smallest absolute Gasteiger partial charge is 0.243 e. The summed E-state index contributed by atoms with van der Waals surface area (Å²) in [5, 5.41) is 9.25. The topological polar surface area (TPSA) is 79.8 Å². The van der Waals surface area contributed by atoms with Crippen LogP contribution < -0.4 is 10.6 Å². The molecule has 0 fully saturated rings. The average molecular weight is 368 g/mol. The van der Waals surface area contributed by atoms with Crippen molar-refractivity contribution in [3.05, 3.63) is 35.9 Å². The van der Waals surface area contributed by atoms with Crippen LogP contribution in [0.25, 0.3) is 0 Å². The van der Waals surface area contributed by atoms with Crippen LogP contribution in [0.3, 0.4) is 0 Å². The molecule has 1 aromatic rings. The lowest BCUT2D eigenvalue weighted by atomic mass is 10.1. The van der Waals surface area contributed by atoms with Gasteiger partial charge in [-0.1, -0.05) is 35.5 Å². The number of amides is 2. The third-order valence-corrected chi connectivity index (χ3v) is 3.65. The number of nitrogens with zero attached hydrogens (tertiary/aromatic N) is 1. The summed E-state index contributed by atoms with van der Waals surface area (Å²) in [4.78, 5) is 28.7. The normalized spacial score (nSPS) is 18.1. The van der Waals surface area contributed by atoms with Gasteiger partial charge in [0.25, 0.3) is 0 Å². The molecule has 2 amide bonds. The zero-order chi connectivity index (χ0) is 15.9. The van der Waals surface area contributed by atoms with Crippen LogP contribution in [-0.2, 0) is 20.8 Å². The van der Waals surface area contributed by atoms with E-state index in [1.54, 1.807) is 0 Å². The highest BCUT2D eigenvalue weighted by atomic mass is 79.9. The van der Waals surface area contributed by atoms with Crippen LogP contribution in [-0.4, -0.2) is 35.1 Å². The van der Waals surface area contributed by atoms with Crippen LogP contribution >= 0.6 is 15.9 Å². The summed E-state index contributed by atoms with van der Waals surface area (Å²) >= 11 is 3.25. The molecule has 0 saturated carbocycles. The lowest BCUT2D eigenvalue weighted by Gasteiger charge is -2.18. The van der Waals surface area contributed by atoms with Crippen molar-refractivity contribution in [1.29, 1.82) is 0 Å². The molecule has 0 aromatic heterocycles. The highest BCUT2D eigenvalue weighted by molar-refractivity contribution is 9.18. The summed E-state index contributed by atoms with van der Waals surface area (Å²) in [6, 6.07) is 8.95. The van der Waals surface area contributed by atoms with Crippen molar-refractivity contribution in [3.8, 4) is 0 Å². The van der Waals surface area contributed by atoms with Gasteiger partial charge < -0.3 is 15.5 Å². The van der Waals surface area contributed by atoms with Gasteiger partial charge in [0, 0.05) is 19.8 Å². The molecule has 0 saturated heterocycles. The van der Waals surface area contributed by atoms with Crippen molar-refractivity contribution < 1.29 is 14.4 Å². The second kappa shape index (κ2) is 7.93. The van der Waals surface area contributed by atoms with E-state index in [0.29, 0.717) is 19.4 Å². The Morgan fingerprint density at radius 2 is 2.14 bits per heavy atom. The predicted octanol–water partition coefficient (Wildman–Crippen LogP) is 1.35. The fourth-order valence-corrected chi connectivity index (χ4v) is 2.59. The van der Waals surface area contributed by atoms with E-state index in [-0.39, 0.29) is 17.9 Å². The van der Waals surface area contributed by atoms with Crippen LogP contribution in [0.5, 0.6) is 0 Å². The summed E-state index contributed by atoms with van der Waals surface area (Å²) in [5.41, 5.74) is 0.986. The SMILES string of the molecule is CC(=O)NC(Cc1ccccc1)C(=O)NCC1CC(Br)=NO1. The van der Waals surface area contributed by atoms with Gasteiger partial charge in [0.05, 0.1) is 6.54 Å². The van der Waals surface area contributed by atoms with E-state index < -0.39 is 6.04 Å². The molecule has 0 spiro atoms. The highest BCUT2D eigenvalue weighted by Gasteiger charge is 2.23. The minimum Gasteiger partial charge on any atom is -0.390 e. The van der Waals surface area contributed by atoms with E-state index in [9.17, 15) is 9.59 Å². The van der Waals surface area contributed by atoms with Crippen molar-refractivity contribution in [2.24, 2.45) is 5.16 Å². The summed E-state index contributed by atoms with van der Waals surface area (Å²) in [5.74, 6) is -0.468. The Bertz CT molecular complexity index is 562. The van der Waals surface area contributed by atoms with Crippen LogP contribution in [0.1, 0.15) is 18.9 Å². The second-order valence-electron chi connectivity index (χ2n) is 5.09. The standard InChI is InChI=1S/C15H18BrN3O3/c1-10(20)18-13(7-11-5-3-2-4-6-11)15(21)17-9-12-8-14(16)19-22-12/h2-6,12-13H,7-9H2,1H3,(H,17,21)(H,18,20). The Balaban J connectivity index is 1.90. The molecule has 7 heteroatoms. The Hall–Kier alpha value is -1.89. The third kappa shape index (κ3) is 5.14. The molecule has 118 valence electrons. The maximum atomic E-state index is 12.3. The average Bonchev–Trinajstić information content (AvgIpc) is 2.90. The first kappa shape index (κ1) is 16.5. The molecular formula is C15H18BrN3O3. The maximum absolute atomic E-state index is 12.3. The van der Waals surface area contributed by atoms with Gasteiger partial charge in [-0.05, 0) is 21.5 Å². The number of rotatable bonds is 6. The third-order valence-electron chi connectivity index (χ3n) is 3.18. The number of hydrogen-bond donors (Lipinski definition) is 2. The lowest BCUT2D eigenvalue weighted by molar-refractivity contribution is -0.128. The van der Waals surface area contributed by atoms with Gasteiger partial charge in [0.2, 0.25) is 11.8 Å². The first-order valence-electron chi connectivity index (χ1n) is 7.01. The van der Waals surface area contributed by atoms with E-state index in [0.717, 1.165) is 10.2 Å². The van der Waals surface area contributed by atoms with E-state index in [1.807, 2.05) is 30.3 Å². The van der Waals surface area contributed by atoms with E-state index >= 15 is 0 Å². The Kier molecular flexibility index (Phi) is 5.94. The van der Waals surface area contributed by atoms with Gasteiger partial charge in [-0.3, -0.25) is 9.59 Å². The minimum atomic E-state index is -0.606. The Morgan fingerprint density at radius 1 is 1.41 bits per heavy atom. The molecule has 1 heterocycles. The number of hydrogen-bond acceptors (Lipinski definition) is 4. The minimum absolute atomic E-state index is 0.173. The number of carbonyl (C=O) groups is 2. The highest BCUT2D eigenvalue weighted by Crippen LogP contribution is 2.13. The maximum Gasteiger partial charge on any atom is 0.243 e. The molecule has 1 aliphatic rings. The van der Waals surface area contributed by atoms with Crippen molar-refractivity contribution in [1.82, 2.24) is 10.6 Å². The largest absolute Gasteiger partial charge is 0.390 e. The molecule has 22 heavy (non-hydrogen) atoms. The van der Waals surface area contributed by atoms with Gasteiger partial charge in [0.15, 0.2) is 6.10 Å². The summed E-state index contributed by atoms with van der Waals surface area (Å²) in [6.07, 6.45) is 0.898. The van der Waals surface area contributed by atoms with Crippen molar-refractivity contribution >= 4 is 32.4 Å². The van der Waals surface area contributed by atoms with Crippen molar-refractivity contribution in [2.75, 3.05) is 6.54 Å². The quantitative estimate of drug-likeness (QED) is 0.796. The first-order chi connectivity index (χ1) is 10.5. The number of oxime groups is 1. The second-order valence-corrected chi connectivity index (χ2v) is 6.00. The van der Waals surface area contributed by atoms with E-state index in [2.05, 4.69) is 31.7 Å². The molecule has 1 aromatic carbocycles. The summed E-state index contributed by atoms with van der Waals surface area (Å²) in [7, 11) is 0. The molecule has 0 radical (unpaired) electrons. The molecule has 2 unspecified atom stereocenters. The van der Waals surface area contributed by atoms with Crippen LogP contribution in [0.2, 0.25) is 0 Å². The number of benzene rings is 1. The van der Waals surface area contributed by atoms with Gasteiger partial charge in [-0.25, -0.2) is 0 Å². The Morgan fingerprint density at radius 3 is 2.73 bits per heavy atom. The predicted molar refractivity (Wildman–Crippen MR) is 86.6 cm³/mol. The molecule has 0 aliphatic carbocycles. The molecule has 6 nitrogen and oxygen atoms in total. The lowest BCUT2D eigenvalue weighted by Crippen LogP contribution is -2.48. The first-order valence-corrected chi connectivity index (χ1v) is 7.81. The zero-order valence-electron chi connectivity index (χ0n) is 12.2. The summed E-state index contributed by atoms with van der Waals surface area (Å²) < 4.78 is 0.731. The van der Waals surface area contributed by atoms with E-state index in [4.69, 9.17) is 4.84 Å². The molecule has 2 rings (SSSR count). The molecular weight excluding hydrogens is 350 g/mol. The Labute approximate surface area is 137 Å². The zero-order valence-corrected chi connectivity index (χ0v) is 13.8. The molecule has 1 aliphatic heterocycles. The molecule has 0 bridgehead atoms. The van der Waals surface area contributed by atoms with Crippen LogP contribution in [0, 0.1) is 0 Å². The fourth-order valence-electron chi connectivity index (χ4n) is 2.15. The van der Waals surface area contributed by atoms with Crippen LogP contribution in [0.4, 0.5) is 0 Å². The molecule has 2 N–H and O–H groups in total. The van der Waals surface area contributed by atoms with Crippen LogP contribution in [0.15, 0.2) is 35.5 Å². The van der Waals surface area contributed by atoms with Gasteiger partial charge in [-0.15, -0.1) is 0 Å². The van der Waals surface area contributed by atoms with Gasteiger partial charge in [0.1, 0.15) is 10.7 Å². The fraction of sp³-hybridized carbons (Fsp3) is 0.400. The monoisotopic (exact) mass is 367 g/mol. The van der Waals surface area contributed by atoms with Crippen molar-refractivity contribution in [2.45, 2.75) is 31.9 Å². The number of nitrogens with one attached hydrogen (secondary N) is 2. The van der Waals surface area contributed by atoms with Gasteiger partial charge in [-0.2, -0.15) is 0 Å². The number of carbonyl (C=O) groups excluding carboxylic acids is 2. The van der Waals surface area contributed by atoms with E-state index in [1.165, 1.54) is 6.92 Å². The molecule has 2 atom stereocenters.